The summed E-state index contributed by atoms with van der Waals surface area (Å²) in [5.74, 6) is -0.303. The summed E-state index contributed by atoms with van der Waals surface area (Å²) in [5, 5.41) is 8.38. The van der Waals surface area contributed by atoms with Crippen molar-refractivity contribution in [3.8, 4) is 0 Å². The van der Waals surface area contributed by atoms with E-state index in [1.54, 1.807) is 16.2 Å². The van der Waals surface area contributed by atoms with Gasteiger partial charge in [0.1, 0.15) is 6.54 Å². The van der Waals surface area contributed by atoms with Crippen LogP contribution in [-0.4, -0.2) is 24.4 Å². The van der Waals surface area contributed by atoms with Crippen LogP contribution < -0.4 is 15.5 Å². The second kappa shape index (κ2) is 8.81. The van der Waals surface area contributed by atoms with Gasteiger partial charge in [-0.15, -0.1) is 11.3 Å². The molecule has 5 nitrogen and oxygen atoms in total. The van der Waals surface area contributed by atoms with Crippen molar-refractivity contribution in [3.05, 3.63) is 82.0 Å². The first-order valence-corrected chi connectivity index (χ1v) is 11.0. The molecule has 0 saturated carbocycles. The summed E-state index contributed by atoms with van der Waals surface area (Å²) in [6.07, 6.45) is 0.989. The highest BCUT2D eigenvalue weighted by atomic mass is 32.1. The first-order valence-electron chi connectivity index (χ1n) is 10.2. The third-order valence-electron chi connectivity index (χ3n) is 5.37. The molecular formula is C24H25N3O2S. The summed E-state index contributed by atoms with van der Waals surface area (Å²) in [5.41, 5.74) is 3.80. The minimum atomic E-state index is -0.470. The fraction of sp³-hybridized carbons (Fsp3) is 0.250. The normalized spacial score (nSPS) is 15.3. The summed E-state index contributed by atoms with van der Waals surface area (Å²) >= 11 is 1.66. The first-order chi connectivity index (χ1) is 14.6. The van der Waals surface area contributed by atoms with Gasteiger partial charge in [0.15, 0.2) is 0 Å². The van der Waals surface area contributed by atoms with E-state index in [-0.39, 0.29) is 24.4 Å². The van der Waals surface area contributed by atoms with E-state index in [2.05, 4.69) is 47.9 Å². The largest absolute Gasteiger partial charge is 0.323 e. The van der Waals surface area contributed by atoms with Gasteiger partial charge in [-0.3, -0.25) is 19.8 Å². The number of hydrogen-bond donors (Lipinski definition) is 2. The number of nitrogens with one attached hydrogen (secondary N) is 2. The summed E-state index contributed by atoms with van der Waals surface area (Å²) in [4.78, 5) is 28.2. The quantitative estimate of drug-likeness (QED) is 0.624. The number of rotatable bonds is 6. The molecule has 2 atom stereocenters. The molecule has 30 heavy (non-hydrogen) atoms. The van der Waals surface area contributed by atoms with Crippen molar-refractivity contribution in [1.29, 1.82) is 0 Å². The Morgan fingerprint density at radius 2 is 1.90 bits per heavy atom. The monoisotopic (exact) mass is 419 g/mol. The molecule has 2 amide bonds. The van der Waals surface area contributed by atoms with Crippen LogP contribution in [0.3, 0.4) is 0 Å². The van der Waals surface area contributed by atoms with Gasteiger partial charge < -0.3 is 5.32 Å². The minimum absolute atomic E-state index is 0.0245. The molecule has 3 aromatic rings. The maximum absolute atomic E-state index is 13.3. The number of hydrogen-bond acceptors (Lipinski definition) is 4. The molecule has 154 valence electrons. The van der Waals surface area contributed by atoms with Crippen molar-refractivity contribution >= 4 is 34.5 Å². The van der Waals surface area contributed by atoms with Crippen LogP contribution in [-0.2, 0) is 16.0 Å². The Kier molecular flexibility index (Phi) is 5.97. The van der Waals surface area contributed by atoms with E-state index in [9.17, 15) is 9.59 Å². The molecule has 0 radical (unpaired) electrons. The van der Waals surface area contributed by atoms with Crippen molar-refractivity contribution < 1.29 is 9.59 Å². The molecule has 2 heterocycles. The number of thiophene rings is 1. The van der Waals surface area contributed by atoms with Gasteiger partial charge in [0.25, 0.3) is 0 Å². The van der Waals surface area contributed by atoms with Gasteiger partial charge in [-0.05, 0) is 48.1 Å². The molecule has 0 saturated heterocycles. The third-order valence-corrected chi connectivity index (χ3v) is 6.31. The smallest absolute Gasteiger partial charge is 0.244 e. The van der Waals surface area contributed by atoms with E-state index < -0.39 is 6.04 Å². The molecule has 2 N–H and O–H groups in total. The summed E-state index contributed by atoms with van der Waals surface area (Å²) < 4.78 is 0. The lowest BCUT2D eigenvalue weighted by Crippen LogP contribution is -2.50. The predicted octanol–water partition coefficient (Wildman–Crippen LogP) is 4.36. The highest BCUT2D eigenvalue weighted by Gasteiger charge is 2.31. The number of fused-ring (bicyclic) bond motifs is 1. The molecule has 0 unspecified atom stereocenters. The van der Waals surface area contributed by atoms with Crippen LogP contribution >= 0.6 is 11.3 Å². The van der Waals surface area contributed by atoms with E-state index in [1.807, 2.05) is 42.6 Å². The Bertz CT molecular complexity index is 1030. The molecule has 1 aliphatic heterocycles. The highest BCUT2D eigenvalue weighted by Crippen LogP contribution is 2.31. The number of carbonyl (C=O) groups is 2. The van der Waals surface area contributed by atoms with E-state index in [0.29, 0.717) is 5.69 Å². The standard InChI is InChI=1S/C24H25N3O2S/c1-3-17-10-12-18(13-11-17)23(21-9-6-14-30-21)25-16(2)24(29)27-15-22(28)26-19-7-4-5-8-20(19)27/h4-14,16,23,25H,3,15H2,1-2H3,(H,26,28)/t16-,23-/m1/s1. The summed E-state index contributed by atoms with van der Waals surface area (Å²) in [6.45, 7) is 4.02. The van der Waals surface area contributed by atoms with Crippen molar-refractivity contribution in [1.82, 2.24) is 5.32 Å². The summed E-state index contributed by atoms with van der Waals surface area (Å²) in [7, 11) is 0. The molecule has 0 aliphatic carbocycles. The number of anilines is 2. The van der Waals surface area contributed by atoms with Crippen LogP contribution in [0.15, 0.2) is 66.0 Å². The Morgan fingerprint density at radius 1 is 1.13 bits per heavy atom. The van der Waals surface area contributed by atoms with Gasteiger partial charge in [0, 0.05) is 4.88 Å². The van der Waals surface area contributed by atoms with E-state index >= 15 is 0 Å². The number of para-hydroxylation sites is 2. The fourth-order valence-corrected chi connectivity index (χ4v) is 4.54. The minimum Gasteiger partial charge on any atom is -0.323 e. The van der Waals surface area contributed by atoms with E-state index in [4.69, 9.17) is 0 Å². The van der Waals surface area contributed by atoms with Crippen LogP contribution in [0.2, 0.25) is 0 Å². The lowest BCUT2D eigenvalue weighted by molar-refractivity contribution is -0.123. The Hall–Kier alpha value is -2.96. The molecule has 4 rings (SSSR count). The maximum atomic E-state index is 13.3. The van der Waals surface area contributed by atoms with Crippen molar-refractivity contribution in [3.63, 3.8) is 0 Å². The topological polar surface area (TPSA) is 61.4 Å². The van der Waals surface area contributed by atoms with Crippen LogP contribution in [0.4, 0.5) is 11.4 Å². The molecule has 0 spiro atoms. The van der Waals surface area contributed by atoms with Gasteiger partial charge in [0.2, 0.25) is 11.8 Å². The van der Waals surface area contributed by atoms with E-state index in [0.717, 1.165) is 22.5 Å². The SMILES string of the molecule is CCc1ccc([C@@H](N[C@H](C)C(=O)N2CC(=O)Nc3ccccc32)c2cccs2)cc1. The molecule has 0 bridgehead atoms. The second-order valence-corrected chi connectivity index (χ2v) is 8.40. The molecular weight excluding hydrogens is 394 g/mol. The molecule has 1 aliphatic rings. The number of carbonyl (C=O) groups excluding carboxylic acids is 2. The Morgan fingerprint density at radius 3 is 2.60 bits per heavy atom. The average Bonchev–Trinajstić information content (AvgIpc) is 3.31. The average molecular weight is 420 g/mol. The molecule has 1 aromatic heterocycles. The lowest BCUT2D eigenvalue weighted by Gasteiger charge is -2.32. The van der Waals surface area contributed by atoms with Crippen LogP contribution in [0.1, 0.15) is 35.9 Å². The Balaban J connectivity index is 1.59. The number of amides is 2. The third kappa shape index (κ3) is 4.15. The van der Waals surface area contributed by atoms with Crippen molar-refractivity contribution in [2.24, 2.45) is 0 Å². The Labute approximate surface area is 180 Å². The van der Waals surface area contributed by atoms with Gasteiger partial charge in [0.05, 0.1) is 23.5 Å². The number of aryl methyl sites for hydroxylation is 1. The number of nitrogens with zero attached hydrogens (tertiary/aromatic N) is 1. The van der Waals surface area contributed by atoms with Crippen LogP contribution in [0.25, 0.3) is 0 Å². The molecule has 6 heteroatoms. The van der Waals surface area contributed by atoms with Gasteiger partial charge >= 0.3 is 0 Å². The second-order valence-electron chi connectivity index (χ2n) is 7.42. The van der Waals surface area contributed by atoms with Gasteiger partial charge in [-0.1, -0.05) is 49.4 Å². The van der Waals surface area contributed by atoms with Crippen molar-refractivity contribution in [2.75, 3.05) is 16.8 Å². The zero-order chi connectivity index (χ0) is 21.1. The van der Waals surface area contributed by atoms with Crippen LogP contribution in [0, 0.1) is 0 Å². The lowest BCUT2D eigenvalue weighted by atomic mass is 10.0. The molecule has 0 fully saturated rings. The van der Waals surface area contributed by atoms with Gasteiger partial charge in [-0.2, -0.15) is 0 Å². The molecule has 2 aromatic carbocycles. The predicted molar refractivity (Wildman–Crippen MR) is 122 cm³/mol. The summed E-state index contributed by atoms with van der Waals surface area (Å²) in [6, 6.07) is 19.4. The highest BCUT2D eigenvalue weighted by molar-refractivity contribution is 7.10. The zero-order valence-corrected chi connectivity index (χ0v) is 17.9. The van der Waals surface area contributed by atoms with E-state index in [1.165, 1.54) is 5.56 Å². The zero-order valence-electron chi connectivity index (χ0n) is 17.1. The number of benzene rings is 2. The fourth-order valence-electron chi connectivity index (χ4n) is 3.73. The first kappa shape index (κ1) is 20.3. The van der Waals surface area contributed by atoms with Crippen molar-refractivity contribution in [2.45, 2.75) is 32.4 Å². The maximum Gasteiger partial charge on any atom is 0.244 e. The van der Waals surface area contributed by atoms with Gasteiger partial charge in [-0.25, -0.2) is 0 Å². The van der Waals surface area contributed by atoms with Crippen LogP contribution in [0.5, 0.6) is 0 Å².